The lowest BCUT2D eigenvalue weighted by molar-refractivity contribution is 0.0696. The first-order valence-electron chi connectivity index (χ1n) is 3.26. The summed E-state index contributed by atoms with van der Waals surface area (Å²) in [5.41, 5.74) is 1.03. The normalized spacial score (nSPS) is 9.45. The molecule has 0 unspecified atom stereocenters. The fourth-order valence-electron chi connectivity index (χ4n) is 0.918. The molecule has 0 atom stereocenters. The first-order valence-corrected chi connectivity index (χ1v) is 3.26. The van der Waals surface area contributed by atoms with Crippen molar-refractivity contribution in [1.29, 1.82) is 0 Å². The third kappa shape index (κ3) is 1.49. The van der Waals surface area contributed by atoms with E-state index in [0.717, 1.165) is 0 Å². The van der Waals surface area contributed by atoms with Gasteiger partial charge in [0.1, 0.15) is 0 Å². The highest BCUT2D eigenvalue weighted by atomic mass is 16.4. The molecule has 0 bridgehead atoms. The third-order valence-corrected chi connectivity index (χ3v) is 1.41. The second-order valence-corrected chi connectivity index (χ2v) is 2.17. The highest BCUT2D eigenvalue weighted by molar-refractivity contribution is 5.89. The Morgan fingerprint density at radius 1 is 1.82 bits per heavy atom. The van der Waals surface area contributed by atoms with Crippen molar-refractivity contribution < 1.29 is 9.90 Å². The number of rotatable bonds is 3. The minimum atomic E-state index is -0.900. The van der Waals surface area contributed by atoms with E-state index in [2.05, 4.69) is 11.6 Å². The van der Waals surface area contributed by atoms with Gasteiger partial charge in [-0.25, -0.2) is 4.79 Å². The summed E-state index contributed by atoms with van der Waals surface area (Å²) in [6, 6.07) is 1.54. The molecule has 1 heterocycles. The van der Waals surface area contributed by atoms with Crippen molar-refractivity contribution in [1.82, 2.24) is 4.98 Å². The van der Waals surface area contributed by atoms with E-state index in [1.807, 2.05) is 0 Å². The van der Waals surface area contributed by atoms with Gasteiger partial charge < -0.3 is 10.1 Å². The Balaban J connectivity index is 2.95. The number of hydrogen-bond donors (Lipinski definition) is 2. The lowest BCUT2D eigenvalue weighted by Crippen LogP contribution is -1.98. The number of hydrogen-bond acceptors (Lipinski definition) is 1. The van der Waals surface area contributed by atoms with Crippen LogP contribution in [0.1, 0.15) is 16.1 Å². The van der Waals surface area contributed by atoms with E-state index in [1.54, 1.807) is 18.3 Å². The minimum absolute atomic E-state index is 0.324. The molecule has 0 spiro atoms. The molecule has 0 saturated carbocycles. The molecule has 0 aromatic carbocycles. The van der Waals surface area contributed by atoms with Crippen LogP contribution in [0, 0.1) is 0 Å². The highest BCUT2D eigenvalue weighted by Gasteiger charge is 2.08. The summed E-state index contributed by atoms with van der Waals surface area (Å²) in [5.74, 6) is -0.900. The molecule has 11 heavy (non-hydrogen) atoms. The zero-order valence-electron chi connectivity index (χ0n) is 6.00. The van der Waals surface area contributed by atoms with Crippen molar-refractivity contribution in [3.05, 3.63) is 36.2 Å². The van der Waals surface area contributed by atoms with Crippen LogP contribution in [0.4, 0.5) is 0 Å². The van der Waals surface area contributed by atoms with Gasteiger partial charge in [0.2, 0.25) is 0 Å². The molecular formula is C8H9NO2. The summed E-state index contributed by atoms with van der Waals surface area (Å²) in [5, 5.41) is 8.63. The Hall–Kier alpha value is -1.51. The zero-order chi connectivity index (χ0) is 8.27. The molecule has 1 aromatic heterocycles. The maximum absolute atomic E-state index is 10.5. The average molecular weight is 151 g/mol. The van der Waals surface area contributed by atoms with Crippen LogP contribution in [-0.2, 0) is 6.42 Å². The van der Waals surface area contributed by atoms with Gasteiger partial charge >= 0.3 is 5.97 Å². The van der Waals surface area contributed by atoms with Crippen LogP contribution >= 0.6 is 0 Å². The van der Waals surface area contributed by atoms with E-state index in [1.165, 1.54) is 0 Å². The van der Waals surface area contributed by atoms with Gasteiger partial charge in [-0.2, -0.15) is 0 Å². The number of carbonyl (C=O) groups is 1. The fraction of sp³-hybridized carbons (Fsp3) is 0.125. The molecule has 1 rings (SSSR count). The molecule has 0 fully saturated rings. The van der Waals surface area contributed by atoms with Gasteiger partial charge in [0, 0.05) is 18.3 Å². The number of carboxylic acids is 1. The summed E-state index contributed by atoms with van der Waals surface area (Å²) in [4.78, 5) is 13.3. The monoisotopic (exact) mass is 151 g/mol. The Morgan fingerprint density at radius 2 is 2.55 bits per heavy atom. The average Bonchev–Trinajstić information content (AvgIpc) is 2.36. The van der Waals surface area contributed by atoms with Crippen LogP contribution in [0.3, 0.4) is 0 Å². The second-order valence-electron chi connectivity index (χ2n) is 2.17. The highest BCUT2D eigenvalue weighted by Crippen LogP contribution is 2.06. The van der Waals surface area contributed by atoms with Crippen LogP contribution in [-0.4, -0.2) is 16.1 Å². The number of carboxylic acid groups (broad SMARTS) is 1. The fourth-order valence-corrected chi connectivity index (χ4v) is 0.918. The second kappa shape index (κ2) is 3.05. The predicted octanol–water partition coefficient (Wildman–Crippen LogP) is 1.44. The number of H-pyrrole nitrogens is 1. The molecule has 0 radical (unpaired) electrons. The molecule has 0 aliphatic rings. The Bertz CT molecular complexity index is 275. The van der Waals surface area contributed by atoms with Crippen LogP contribution in [0.15, 0.2) is 24.9 Å². The summed E-state index contributed by atoms with van der Waals surface area (Å²) < 4.78 is 0. The predicted molar refractivity (Wildman–Crippen MR) is 41.7 cm³/mol. The van der Waals surface area contributed by atoms with Crippen molar-refractivity contribution in [3.8, 4) is 0 Å². The standard InChI is InChI=1S/C8H9NO2/c1-2-3-7-6(8(10)11)4-5-9-7/h2,4-5,9H,1,3H2,(H,10,11). The van der Waals surface area contributed by atoms with Gasteiger partial charge in [0.25, 0.3) is 0 Å². The quantitative estimate of drug-likeness (QED) is 0.642. The molecule has 2 N–H and O–H groups in total. The zero-order valence-corrected chi connectivity index (χ0v) is 6.00. The summed E-state index contributed by atoms with van der Waals surface area (Å²) in [6.45, 7) is 3.52. The van der Waals surface area contributed by atoms with Gasteiger partial charge in [0.15, 0.2) is 0 Å². The molecule has 3 nitrogen and oxygen atoms in total. The van der Waals surface area contributed by atoms with E-state index in [0.29, 0.717) is 17.7 Å². The van der Waals surface area contributed by atoms with Gasteiger partial charge in [-0.1, -0.05) is 6.08 Å². The molecule has 0 aliphatic heterocycles. The van der Waals surface area contributed by atoms with Crippen LogP contribution in [0.5, 0.6) is 0 Å². The smallest absolute Gasteiger partial charge is 0.337 e. The Labute approximate surface area is 64.4 Å². The summed E-state index contributed by atoms with van der Waals surface area (Å²) in [7, 11) is 0. The molecule has 3 heteroatoms. The lowest BCUT2D eigenvalue weighted by Gasteiger charge is -1.93. The Kier molecular flexibility index (Phi) is 2.11. The Morgan fingerprint density at radius 3 is 3.09 bits per heavy atom. The van der Waals surface area contributed by atoms with Crippen molar-refractivity contribution in [2.24, 2.45) is 0 Å². The summed E-state index contributed by atoms with van der Waals surface area (Å²) in [6.07, 6.45) is 3.84. The van der Waals surface area contributed by atoms with Gasteiger partial charge in [0.05, 0.1) is 5.56 Å². The number of aromatic amines is 1. The summed E-state index contributed by atoms with van der Waals surface area (Å²) >= 11 is 0. The maximum Gasteiger partial charge on any atom is 0.337 e. The van der Waals surface area contributed by atoms with Crippen molar-refractivity contribution in [3.63, 3.8) is 0 Å². The van der Waals surface area contributed by atoms with Crippen molar-refractivity contribution >= 4 is 5.97 Å². The number of aromatic carboxylic acids is 1. The number of aromatic nitrogens is 1. The van der Waals surface area contributed by atoms with Crippen LogP contribution in [0.2, 0.25) is 0 Å². The van der Waals surface area contributed by atoms with E-state index in [4.69, 9.17) is 5.11 Å². The van der Waals surface area contributed by atoms with E-state index in [-0.39, 0.29) is 0 Å². The molecular weight excluding hydrogens is 142 g/mol. The van der Waals surface area contributed by atoms with Gasteiger partial charge in [-0.3, -0.25) is 0 Å². The van der Waals surface area contributed by atoms with Crippen LogP contribution in [0.25, 0.3) is 0 Å². The van der Waals surface area contributed by atoms with E-state index >= 15 is 0 Å². The van der Waals surface area contributed by atoms with Gasteiger partial charge in [-0.05, 0) is 6.07 Å². The third-order valence-electron chi connectivity index (χ3n) is 1.41. The molecule has 0 aliphatic carbocycles. The van der Waals surface area contributed by atoms with Gasteiger partial charge in [-0.15, -0.1) is 6.58 Å². The SMILES string of the molecule is C=CCc1[nH]ccc1C(=O)O. The lowest BCUT2D eigenvalue weighted by atomic mass is 10.2. The largest absolute Gasteiger partial charge is 0.478 e. The first-order chi connectivity index (χ1) is 5.25. The topological polar surface area (TPSA) is 53.1 Å². The van der Waals surface area contributed by atoms with Crippen molar-refractivity contribution in [2.75, 3.05) is 0 Å². The number of allylic oxidation sites excluding steroid dienone is 1. The minimum Gasteiger partial charge on any atom is -0.478 e. The van der Waals surface area contributed by atoms with Crippen molar-refractivity contribution in [2.45, 2.75) is 6.42 Å². The van der Waals surface area contributed by atoms with E-state index < -0.39 is 5.97 Å². The molecule has 1 aromatic rings. The molecule has 0 amide bonds. The number of nitrogens with one attached hydrogen (secondary N) is 1. The molecule has 0 saturated heterocycles. The van der Waals surface area contributed by atoms with Crippen LogP contribution < -0.4 is 0 Å². The maximum atomic E-state index is 10.5. The molecule has 58 valence electrons. The first kappa shape index (κ1) is 7.60. The van der Waals surface area contributed by atoms with E-state index in [9.17, 15) is 4.79 Å².